The standard InChI is InChI=1S/C27H31N7O3/c1-2-25(35)33-7-4-19(5-8-33)34-15-18(16-34)21-13-22-26(23(14-28)30-21)37-17-20-24(3-6-29-27(20)31-22)32-9-11-36-12-10-32/h2-3,6,13,18-19H,1,4-5,7-12,15-17H2,(H,29,31). The van der Waals surface area contributed by atoms with Crippen LogP contribution in [-0.4, -0.2) is 84.2 Å². The Labute approximate surface area is 216 Å². The highest BCUT2D eigenvalue weighted by atomic mass is 16.5. The zero-order valence-corrected chi connectivity index (χ0v) is 20.9. The van der Waals surface area contributed by atoms with Gasteiger partial charge in [0.1, 0.15) is 18.5 Å². The summed E-state index contributed by atoms with van der Waals surface area (Å²) in [5.41, 5.74) is 3.99. The van der Waals surface area contributed by atoms with E-state index in [-0.39, 0.29) is 11.8 Å². The molecule has 2 aromatic heterocycles. The molecule has 1 N–H and O–H groups in total. The number of aromatic nitrogens is 2. The van der Waals surface area contributed by atoms with Crippen molar-refractivity contribution in [1.82, 2.24) is 19.8 Å². The molecule has 1 amide bonds. The van der Waals surface area contributed by atoms with E-state index in [0.717, 1.165) is 80.6 Å². The van der Waals surface area contributed by atoms with Gasteiger partial charge < -0.3 is 24.6 Å². The van der Waals surface area contributed by atoms with Gasteiger partial charge in [0, 0.05) is 68.8 Å². The number of nitriles is 1. The number of amides is 1. The van der Waals surface area contributed by atoms with Crippen LogP contribution in [0.4, 0.5) is 17.2 Å². The van der Waals surface area contributed by atoms with Crippen LogP contribution >= 0.6 is 0 Å². The summed E-state index contributed by atoms with van der Waals surface area (Å²) in [4.78, 5) is 27.8. The van der Waals surface area contributed by atoms with Crippen molar-refractivity contribution in [2.45, 2.75) is 31.4 Å². The first kappa shape index (κ1) is 23.7. The first-order valence-electron chi connectivity index (χ1n) is 13.0. The zero-order valence-electron chi connectivity index (χ0n) is 20.9. The van der Waals surface area contributed by atoms with Crippen LogP contribution in [0, 0.1) is 11.3 Å². The Balaban J connectivity index is 1.18. The van der Waals surface area contributed by atoms with Gasteiger partial charge in [0.2, 0.25) is 5.91 Å². The van der Waals surface area contributed by atoms with Gasteiger partial charge in [-0.2, -0.15) is 5.26 Å². The first-order valence-corrected chi connectivity index (χ1v) is 13.0. The topological polar surface area (TPSA) is 107 Å². The lowest BCUT2D eigenvalue weighted by Gasteiger charge is -2.47. The van der Waals surface area contributed by atoms with Gasteiger partial charge in [-0.25, -0.2) is 9.97 Å². The Hall–Kier alpha value is -3.68. The van der Waals surface area contributed by atoms with Crippen molar-refractivity contribution in [1.29, 1.82) is 5.26 Å². The van der Waals surface area contributed by atoms with Gasteiger partial charge in [0.15, 0.2) is 11.4 Å². The molecule has 0 radical (unpaired) electrons. The van der Waals surface area contributed by atoms with E-state index in [1.54, 1.807) is 0 Å². The molecule has 3 saturated heterocycles. The molecule has 0 saturated carbocycles. The molecule has 37 heavy (non-hydrogen) atoms. The molecule has 10 nitrogen and oxygen atoms in total. The number of fused-ring (bicyclic) bond motifs is 2. The van der Waals surface area contributed by atoms with Crippen molar-refractivity contribution in [2.75, 3.05) is 62.7 Å². The number of carbonyl (C=O) groups is 1. The SMILES string of the molecule is C=CC(=O)N1CCC(N2CC(c3cc4c(c(C#N)n3)OCc3c(N5CCOCC5)ccnc3N4)C2)CC1. The molecule has 0 bridgehead atoms. The van der Waals surface area contributed by atoms with Crippen LogP contribution in [0.15, 0.2) is 31.0 Å². The summed E-state index contributed by atoms with van der Waals surface area (Å²) in [7, 11) is 0. The number of nitrogens with zero attached hydrogens (tertiary/aromatic N) is 6. The van der Waals surface area contributed by atoms with Gasteiger partial charge in [0.25, 0.3) is 0 Å². The van der Waals surface area contributed by atoms with Crippen LogP contribution in [-0.2, 0) is 16.1 Å². The fraction of sp³-hybridized carbons (Fsp3) is 0.481. The number of morpholine rings is 1. The van der Waals surface area contributed by atoms with E-state index < -0.39 is 0 Å². The zero-order chi connectivity index (χ0) is 25.4. The molecule has 0 atom stereocenters. The second-order valence-electron chi connectivity index (χ2n) is 9.97. The van der Waals surface area contributed by atoms with Crippen molar-refractivity contribution < 1.29 is 14.3 Å². The number of carbonyl (C=O) groups excluding carboxylic acids is 1. The van der Waals surface area contributed by atoms with Crippen molar-refractivity contribution >= 4 is 23.1 Å². The molecule has 2 aromatic rings. The van der Waals surface area contributed by atoms with Gasteiger partial charge in [-0.15, -0.1) is 0 Å². The minimum atomic E-state index is 0.0148. The third-order valence-corrected chi connectivity index (χ3v) is 7.89. The molecular formula is C27H31N7O3. The molecule has 4 aliphatic rings. The molecule has 0 spiro atoms. The van der Waals surface area contributed by atoms with Gasteiger partial charge >= 0.3 is 0 Å². The minimum Gasteiger partial charge on any atom is -0.483 e. The highest BCUT2D eigenvalue weighted by Crippen LogP contribution is 2.41. The number of piperidine rings is 1. The molecule has 3 fully saturated rings. The Bertz CT molecular complexity index is 1240. The largest absolute Gasteiger partial charge is 0.483 e. The molecule has 6 rings (SSSR count). The Morgan fingerprint density at radius 1 is 1.22 bits per heavy atom. The number of hydrogen-bond donors (Lipinski definition) is 1. The van der Waals surface area contributed by atoms with Gasteiger partial charge in [-0.3, -0.25) is 9.69 Å². The second-order valence-corrected chi connectivity index (χ2v) is 9.97. The second kappa shape index (κ2) is 10.00. The maximum absolute atomic E-state index is 11.9. The number of nitrogens with one attached hydrogen (secondary N) is 1. The number of ether oxygens (including phenoxy) is 2. The lowest BCUT2D eigenvalue weighted by Crippen LogP contribution is -2.54. The lowest BCUT2D eigenvalue weighted by molar-refractivity contribution is -0.127. The molecule has 0 aromatic carbocycles. The average Bonchev–Trinajstić information content (AvgIpc) is 3.11. The normalized spacial score (nSPS) is 20.4. The third-order valence-electron chi connectivity index (χ3n) is 7.89. The van der Waals surface area contributed by atoms with E-state index in [1.165, 1.54) is 6.08 Å². The number of rotatable bonds is 4. The first-order chi connectivity index (χ1) is 18.1. The third kappa shape index (κ3) is 4.49. The van der Waals surface area contributed by atoms with Crippen LogP contribution in [0.3, 0.4) is 0 Å². The van der Waals surface area contributed by atoms with Crippen molar-refractivity contribution in [2.24, 2.45) is 0 Å². The van der Waals surface area contributed by atoms with Crippen LogP contribution in [0.2, 0.25) is 0 Å². The lowest BCUT2D eigenvalue weighted by atomic mass is 9.90. The summed E-state index contributed by atoms with van der Waals surface area (Å²) in [5, 5.41) is 13.3. The number of pyridine rings is 2. The quantitative estimate of drug-likeness (QED) is 0.632. The van der Waals surface area contributed by atoms with E-state index in [1.807, 2.05) is 23.2 Å². The Morgan fingerprint density at radius 2 is 2.00 bits per heavy atom. The smallest absolute Gasteiger partial charge is 0.245 e. The van der Waals surface area contributed by atoms with E-state index >= 15 is 0 Å². The predicted octanol–water partition coefficient (Wildman–Crippen LogP) is 2.40. The van der Waals surface area contributed by atoms with Crippen molar-refractivity contribution in [3.63, 3.8) is 0 Å². The van der Waals surface area contributed by atoms with Crippen LogP contribution in [0.1, 0.15) is 35.7 Å². The Morgan fingerprint density at radius 3 is 2.73 bits per heavy atom. The summed E-state index contributed by atoms with van der Waals surface area (Å²) in [6.45, 7) is 10.3. The Kier molecular flexibility index (Phi) is 6.40. The summed E-state index contributed by atoms with van der Waals surface area (Å²) in [6, 6.07) is 6.74. The van der Waals surface area contributed by atoms with Crippen molar-refractivity contribution in [3.05, 3.63) is 47.9 Å². The molecule has 6 heterocycles. The highest BCUT2D eigenvalue weighted by Gasteiger charge is 2.37. The van der Waals surface area contributed by atoms with Crippen LogP contribution in [0.25, 0.3) is 0 Å². The summed E-state index contributed by atoms with van der Waals surface area (Å²) in [6.07, 6.45) is 5.14. The van der Waals surface area contributed by atoms with E-state index in [0.29, 0.717) is 37.3 Å². The molecule has 192 valence electrons. The van der Waals surface area contributed by atoms with Gasteiger partial charge in [-0.05, 0) is 31.1 Å². The maximum Gasteiger partial charge on any atom is 0.245 e. The molecule has 10 heteroatoms. The molecule has 0 aliphatic carbocycles. The number of hydrogen-bond acceptors (Lipinski definition) is 9. The predicted molar refractivity (Wildman–Crippen MR) is 138 cm³/mol. The van der Waals surface area contributed by atoms with E-state index in [2.05, 4.69) is 32.7 Å². The van der Waals surface area contributed by atoms with Crippen LogP contribution < -0.4 is 15.0 Å². The van der Waals surface area contributed by atoms with Gasteiger partial charge in [-0.1, -0.05) is 6.58 Å². The summed E-state index contributed by atoms with van der Waals surface area (Å²) >= 11 is 0. The number of anilines is 3. The highest BCUT2D eigenvalue weighted by molar-refractivity contribution is 5.87. The average molecular weight is 502 g/mol. The molecular weight excluding hydrogens is 470 g/mol. The van der Waals surface area contributed by atoms with Crippen LogP contribution in [0.5, 0.6) is 5.75 Å². The van der Waals surface area contributed by atoms with Gasteiger partial charge in [0.05, 0.1) is 24.5 Å². The summed E-state index contributed by atoms with van der Waals surface area (Å²) in [5.74, 6) is 1.50. The summed E-state index contributed by atoms with van der Waals surface area (Å²) < 4.78 is 11.7. The fourth-order valence-electron chi connectivity index (χ4n) is 5.76. The molecule has 0 unspecified atom stereocenters. The maximum atomic E-state index is 11.9. The van der Waals surface area contributed by atoms with E-state index in [4.69, 9.17) is 14.5 Å². The monoisotopic (exact) mass is 501 g/mol. The fourth-order valence-corrected chi connectivity index (χ4v) is 5.76. The minimum absolute atomic E-state index is 0.0148. The molecule has 4 aliphatic heterocycles. The van der Waals surface area contributed by atoms with E-state index in [9.17, 15) is 10.1 Å². The number of likely N-dealkylation sites (tertiary alicyclic amines) is 2. The van der Waals surface area contributed by atoms with Crippen molar-refractivity contribution in [3.8, 4) is 11.8 Å².